The van der Waals surface area contributed by atoms with Gasteiger partial charge in [0.05, 0.1) is 25.8 Å². The molecule has 2 aromatic rings. The van der Waals surface area contributed by atoms with Crippen molar-refractivity contribution in [3.8, 4) is 11.5 Å². The molecule has 2 aromatic carbocycles. The van der Waals surface area contributed by atoms with E-state index in [1.165, 1.54) is 0 Å². The van der Waals surface area contributed by atoms with E-state index in [2.05, 4.69) is 10.5 Å². The van der Waals surface area contributed by atoms with E-state index in [9.17, 15) is 4.79 Å². The van der Waals surface area contributed by atoms with Crippen LogP contribution in [-0.2, 0) is 11.2 Å². The molecule has 0 aromatic heterocycles. The Hall–Kier alpha value is -2.53. The molecule has 5 nitrogen and oxygen atoms in total. The first-order valence-corrected chi connectivity index (χ1v) is 8.26. The molecule has 1 amide bonds. The fourth-order valence-electron chi connectivity index (χ4n) is 2.11. The van der Waals surface area contributed by atoms with Crippen LogP contribution in [0.4, 0.5) is 0 Å². The van der Waals surface area contributed by atoms with Gasteiger partial charge in [0, 0.05) is 5.02 Å². The van der Waals surface area contributed by atoms with E-state index in [-0.39, 0.29) is 18.4 Å². The maximum atomic E-state index is 12.0. The van der Waals surface area contributed by atoms with Crippen LogP contribution in [0, 0.1) is 0 Å². The Morgan fingerprint density at radius 3 is 2.52 bits per heavy atom. The van der Waals surface area contributed by atoms with Crippen LogP contribution in [0.5, 0.6) is 11.5 Å². The second-order valence-corrected chi connectivity index (χ2v) is 6.07. The van der Waals surface area contributed by atoms with Crippen LogP contribution in [0.3, 0.4) is 0 Å². The van der Waals surface area contributed by atoms with Crippen molar-refractivity contribution >= 4 is 23.7 Å². The molecular weight excluding hydrogens is 340 g/mol. The minimum Gasteiger partial charge on any atom is -0.497 e. The van der Waals surface area contributed by atoms with Crippen LogP contribution < -0.4 is 14.9 Å². The Kier molecular flexibility index (Phi) is 6.83. The summed E-state index contributed by atoms with van der Waals surface area (Å²) >= 11 is 6.09. The van der Waals surface area contributed by atoms with Crippen molar-refractivity contribution < 1.29 is 14.3 Å². The van der Waals surface area contributed by atoms with Gasteiger partial charge in [0.25, 0.3) is 0 Å². The number of ether oxygens (including phenoxy) is 2. The van der Waals surface area contributed by atoms with E-state index >= 15 is 0 Å². The van der Waals surface area contributed by atoms with E-state index in [0.29, 0.717) is 16.3 Å². The summed E-state index contributed by atoms with van der Waals surface area (Å²) < 4.78 is 10.7. The lowest BCUT2D eigenvalue weighted by atomic mass is 10.1. The van der Waals surface area contributed by atoms with Gasteiger partial charge in [0.15, 0.2) is 0 Å². The van der Waals surface area contributed by atoms with Crippen LogP contribution in [0.1, 0.15) is 25.0 Å². The molecule has 1 N–H and O–H groups in total. The summed E-state index contributed by atoms with van der Waals surface area (Å²) in [5.74, 6) is 1.19. The summed E-state index contributed by atoms with van der Waals surface area (Å²) in [7, 11) is 1.56. The smallest absolute Gasteiger partial charge is 0.244 e. The van der Waals surface area contributed by atoms with Crippen molar-refractivity contribution in [3.63, 3.8) is 0 Å². The van der Waals surface area contributed by atoms with Gasteiger partial charge in [-0.2, -0.15) is 5.10 Å². The summed E-state index contributed by atoms with van der Waals surface area (Å²) in [6.45, 7) is 3.94. The molecule has 0 spiro atoms. The van der Waals surface area contributed by atoms with Crippen LogP contribution in [0.25, 0.3) is 0 Å². The maximum Gasteiger partial charge on any atom is 0.244 e. The molecule has 25 heavy (non-hydrogen) atoms. The molecule has 0 aliphatic heterocycles. The highest BCUT2D eigenvalue weighted by atomic mass is 35.5. The van der Waals surface area contributed by atoms with Crippen molar-refractivity contribution in [3.05, 3.63) is 58.6 Å². The molecule has 0 atom stereocenters. The zero-order chi connectivity index (χ0) is 18.2. The minimum atomic E-state index is -0.258. The van der Waals surface area contributed by atoms with Crippen molar-refractivity contribution in [1.82, 2.24) is 5.43 Å². The van der Waals surface area contributed by atoms with Gasteiger partial charge in [-0.25, -0.2) is 5.43 Å². The zero-order valence-corrected chi connectivity index (χ0v) is 15.2. The number of nitrogens with one attached hydrogen (secondary N) is 1. The summed E-state index contributed by atoms with van der Waals surface area (Å²) in [6, 6.07) is 12.6. The molecule has 0 heterocycles. The summed E-state index contributed by atoms with van der Waals surface area (Å²) in [4.78, 5) is 12.0. The molecule has 0 saturated carbocycles. The molecule has 2 rings (SSSR count). The SMILES string of the molecule is COc1ccc(Cl)c(CC(=O)N/N=C/c2ccc(OC(C)C)cc2)c1. The van der Waals surface area contributed by atoms with Gasteiger partial charge >= 0.3 is 0 Å². The second kappa shape index (κ2) is 9.08. The van der Waals surface area contributed by atoms with E-state index < -0.39 is 0 Å². The predicted molar refractivity (Wildman–Crippen MR) is 99.7 cm³/mol. The Balaban J connectivity index is 1.90. The van der Waals surface area contributed by atoms with Crippen LogP contribution in [0.2, 0.25) is 5.02 Å². The lowest BCUT2D eigenvalue weighted by Crippen LogP contribution is -2.20. The molecule has 0 unspecified atom stereocenters. The number of carbonyl (C=O) groups excluding carboxylic acids is 1. The molecule has 132 valence electrons. The molecule has 0 saturated heterocycles. The number of nitrogens with zero attached hydrogens (tertiary/aromatic N) is 1. The zero-order valence-electron chi connectivity index (χ0n) is 14.5. The molecule has 0 aliphatic carbocycles. The standard InChI is InChI=1S/C19H21ClN2O3/c1-13(2)25-16-6-4-14(5-7-16)12-21-22-19(23)11-15-10-17(24-3)8-9-18(15)20/h4-10,12-13H,11H2,1-3H3,(H,22,23)/b21-12+. The van der Waals surface area contributed by atoms with E-state index in [4.69, 9.17) is 21.1 Å². The first-order valence-electron chi connectivity index (χ1n) is 7.89. The highest BCUT2D eigenvalue weighted by molar-refractivity contribution is 6.31. The molecule has 0 fully saturated rings. The number of hydrazone groups is 1. The lowest BCUT2D eigenvalue weighted by molar-refractivity contribution is -0.120. The van der Waals surface area contributed by atoms with Gasteiger partial charge in [-0.15, -0.1) is 0 Å². The predicted octanol–water partition coefficient (Wildman–Crippen LogP) is 3.83. The number of rotatable bonds is 7. The fraction of sp³-hybridized carbons (Fsp3) is 0.263. The maximum absolute atomic E-state index is 12.0. The Morgan fingerprint density at radius 2 is 1.88 bits per heavy atom. The van der Waals surface area contributed by atoms with Gasteiger partial charge in [-0.1, -0.05) is 11.6 Å². The molecule has 6 heteroatoms. The molecule has 0 aliphatic rings. The van der Waals surface area contributed by atoms with Gasteiger partial charge in [0.1, 0.15) is 11.5 Å². The van der Waals surface area contributed by atoms with E-state index in [0.717, 1.165) is 11.3 Å². The number of hydrogen-bond acceptors (Lipinski definition) is 4. The first-order chi connectivity index (χ1) is 12.0. The summed E-state index contributed by atoms with van der Waals surface area (Å²) in [6.07, 6.45) is 1.82. The van der Waals surface area contributed by atoms with E-state index in [1.807, 2.05) is 38.1 Å². The van der Waals surface area contributed by atoms with Gasteiger partial charge < -0.3 is 9.47 Å². The quantitative estimate of drug-likeness (QED) is 0.603. The number of halogens is 1. The molecule has 0 radical (unpaired) electrons. The Morgan fingerprint density at radius 1 is 1.20 bits per heavy atom. The molecule has 0 bridgehead atoms. The average molecular weight is 361 g/mol. The second-order valence-electron chi connectivity index (χ2n) is 5.66. The number of hydrogen-bond donors (Lipinski definition) is 1. The lowest BCUT2D eigenvalue weighted by Gasteiger charge is -2.09. The minimum absolute atomic E-state index is 0.120. The average Bonchev–Trinajstić information content (AvgIpc) is 2.58. The van der Waals surface area contributed by atoms with Crippen molar-refractivity contribution in [1.29, 1.82) is 0 Å². The third-order valence-corrected chi connectivity index (χ3v) is 3.63. The highest BCUT2D eigenvalue weighted by Gasteiger charge is 2.08. The third kappa shape index (κ3) is 6.12. The van der Waals surface area contributed by atoms with Crippen LogP contribution in [0.15, 0.2) is 47.6 Å². The largest absolute Gasteiger partial charge is 0.497 e. The topological polar surface area (TPSA) is 59.9 Å². The number of carbonyl (C=O) groups is 1. The van der Waals surface area contributed by atoms with Crippen LogP contribution in [-0.4, -0.2) is 25.3 Å². The third-order valence-electron chi connectivity index (χ3n) is 3.26. The van der Waals surface area contributed by atoms with Crippen LogP contribution >= 0.6 is 11.6 Å². The Bertz CT molecular complexity index is 743. The van der Waals surface area contributed by atoms with Crippen molar-refractivity contribution in [2.45, 2.75) is 26.4 Å². The monoisotopic (exact) mass is 360 g/mol. The van der Waals surface area contributed by atoms with Crippen molar-refractivity contribution in [2.75, 3.05) is 7.11 Å². The Labute approximate surface area is 152 Å². The van der Waals surface area contributed by atoms with Gasteiger partial charge in [-0.05, 0) is 67.4 Å². The number of methoxy groups -OCH3 is 1. The van der Waals surface area contributed by atoms with Gasteiger partial charge in [0.2, 0.25) is 5.91 Å². The van der Waals surface area contributed by atoms with E-state index in [1.54, 1.807) is 31.5 Å². The summed E-state index contributed by atoms with van der Waals surface area (Å²) in [5.41, 5.74) is 4.03. The highest BCUT2D eigenvalue weighted by Crippen LogP contribution is 2.22. The number of amides is 1. The number of benzene rings is 2. The fourth-order valence-corrected chi connectivity index (χ4v) is 2.29. The summed E-state index contributed by atoms with van der Waals surface area (Å²) in [5, 5.41) is 4.48. The van der Waals surface area contributed by atoms with Crippen molar-refractivity contribution in [2.24, 2.45) is 5.10 Å². The van der Waals surface area contributed by atoms with Gasteiger partial charge in [-0.3, -0.25) is 4.79 Å². The normalized spacial score (nSPS) is 10.9. The molecular formula is C19H21ClN2O3. The first kappa shape index (κ1) is 18.8.